The molecule has 1 aliphatic heterocycles. The molecule has 2 heterocycles. The third kappa shape index (κ3) is 4.57. The average Bonchev–Trinajstić information content (AvgIpc) is 2.80. The molecule has 1 saturated heterocycles. The normalized spacial score (nSPS) is 14.0. The van der Waals surface area contributed by atoms with Gasteiger partial charge >= 0.3 is 0 Å². The number of rotatable bonds is 5. The van der Waals surface area contributed by atoms with E-state index in [4.69, 9.17) is 0 Å². The summed E-state index contributed by atoms with van der Waals surface area (Å²) in [5.74, 6) is -0.185. The van der Waals surface area contributed by atoms with E-state index >= 15 is 0 Å². The molecular formula is C24H26N4O. The summed E-state index contributed by atoms with van der Waals surface area (Å²) >= 11 is 0. The molecule has 1 aromatic heterocycles. The molecule has 0 aliphatic carbocycles. The van der Waals surface area contributed by atoms with Crippen LogP contribution in [-0.2, 0) is 6.42 Å². The summed E-state index contributed by atoms with van der Waals surface area (Å²) < 4.78 is 0. The highest BCUT2D eigenvalue weighted by atomic mass is 16.1. The van der Waals surface area contributed by atoms with Gasteiger partial charge in [-0.05, 0) is 48.4 Å². The SMILES string of the molecule is CCc1ccc(NC(=O)c2ccc(N3CCN(c4ccccc4)CC3)cn2)cc1. The second-order valence-corrected chi connectivity index (χ2v) is 7.22. The van der Waals surface area contributed by atoms with Gasteiger partial charge in [-0.15, -0.1) is 0 Å². The quantitative estimate of drug-likeness (QED) is 0.713. The monoisotopic (exact) mass is 386 g/mol. The van der Waals surface area contributed by atoms with Crippen LogP contribution in [0.25, 0.3) is 0 Å². The van der Waals surface area contributed by atoms with E-state index in [9.17, 15) is 4.79 Å². The number of amides is 1. The molecule has 0 unspecified atom stereocenters. The summed E-state index contributed by atoms with van der Waals surface area (Å²) in [4.78, 5) is 21.6. The minimum atomic E-state index is -0.185. The van der Waals surface area contributed by atoms with E-state index in [2.05, 4.69) is 51.3 Å². The van der Waals surface area contributed by atoms with Crippen LogP contribution in [0.5, 0.6) is 0 Å². The molecule has 0 atom stereocenters. The number of anilines is 3. The van der Waals surface area contributed by atoms with Crippen LogP contribution in [0, 0.1) is 0 Å². The Balaban J connectivity index is 1.34. The standard InChI is InChI=1S/C24H26N4O/c1-2-19-8-10-20(11-9-19)26-24(29)23-13-12-22(18-25-23)28-16-14-27(15-17-28)21-6-4-3-5-7-21/h3-13,18H,2,14-17H2,1H3,(H,26,29). The van der Waals surface area contributed by atoms with Gasteiger partial charge < -0.3 is 15.1 Å². The van der Waals surface area contributed by atoms with E-state index in [-0.39, 0.29) is 5.91 Å². The average molecular weight is 386 g/mol. The molecule has 0 saturated carbocycles. The fraction of sp³-hybridized carbons (Fsp3) is 0.250. The lowest BCUT2D eigenvalue weighted by atomic mass is 10.1. The molecule has 3 aromatic rings. The van der Waals surface area contributed by atoms with Crippen LogP contribution in [0.4, 0.5) is 17.1 Å². The Labute approximate surface area is 172 Å². The smallest absolute Gasteiger partial charge is 0.274 e. The first-order chi connectivity index (χ1) is 14.2. The van der Waals surface area contributed by atoms with Crippen molar-refractivity contribution in [1.29, 1.82) is 0 Å². The van der Waals surface area contributed by atoms with Gasteiger partial charge in [0, 0.05) is 37.6 Å². The number of piperazine rings is 1. The molecule has 0 radical (unpaired) electrons. The second-order valence-electron chi connectivity index (χ2n) is 7.22. The summed E-state index contributed by atoms with van der Waals surface area (Å²) in [7, 11) is 0. The summed E-state index contributed by atoms with van der Waals surface area (Å²) in [6.07, 6.45) is 2.78. The highest BCUT2D eigenvalue weighted by molar-refractivity contribution is 6.02. The van der Waals surface area contributed by atoms with Gasteiger partial charge in [-0.1, -0.05) is 37.3 Å². The first-order valence-electron chi connectivity index (χ1n) is 10.1. The van der Waals surface area contributed by atoms with E-state index < -0.39 is 0 Å². The number of aryl methyl sites for hydroxylation is 1. The van der Waals surface area contributed by atoms with E-state index in [0.717, 1.165) is 44.0 Å². The van der Waals surface area contributed by atoms with Gasteiger partial charge in [-0.3, -0.25) is 4.79 Å². The van der Waals surface area contributed by atoms with Gasteiger partial charge in [0.15, 0.2) is 0 Å². The maximum atomic E-state index is 12.5. The topological polar surface area (TPSA) is 48.5 Å². The van der Waals surface area contributed by atoms with Crippen LogP contribution < -0.4 is 15.1 Å². The van der Waals surface area contributed by atoms with Crippen molar-refractivity contribution in [1.82, 2.24) is 4.98 Å². The van der Waals surface area contributed by atoms with Gasteiger partial charge in [-0.2, -0.15) is 0 Å². The van der Waals surface area contributed by atoms with Crippen molar-refractivity contribution in [3.63, 3.8) is 0 Å². The van der Waals surface area contributed by atoms with Crippen molar-refractivity contribution in [2.75, 3.05) is 41.3 Å². The predicted octanol–water partition coefficient (Wildman–Crippen LogP) is 4.22. The summed E-state index contributed by atoms with van der Waals surface area (Å²) in [6.45, 7) is 5.93. The van der Waals surface area contributed by atoms with E-state index in [1.807, 2.05) is 36.4 Å². The lowest BCUT2D eigenvalue weighted by Gasteiger charge is -2.37. The largest absolute Gasteiger partial charge is 0.368 e. The van der Waals surface area contributed by atoms with Crippen LogP contribution in [0.3, 0.4) is 0 Å². The molecule has 2 aromatic carbocycles. The van der Waals surface area contributed by atoms with Crippen LogP contribution in [0.2, 0.25) is 0 Å². The van der Waals surface area contributed by atoms with Crippen LogP contribution in [0.15, 0.2) is 72.9 Å². The number of pyridine rings is 1. The van der Waals surface area contributed by atoms with E-state index in [1.54, 1.807) is 12.3 Å². The lowest BCUT2D eigenvalue weighted by Crippen LogP contribution is -2.46. The number of nitrogens with zero attached hydrogens (tertiary/aromatic N) is 3. The number of nitrogens with one attached hydrogen (secondary N) is 1. The number of benzene rings is 2. The Morgan fingerprint density at radius 3 is 2.10 bits per heavy atom. The molecule has 1 fully saturated rings. The minimum Gasteiger partial charge on any atom is -0.368 e. The fourth-order valence-corrected chi connectivity index (χ4v) is 3.59. The van der Waals surface area contributed by atoms with Crippen LogP contribution in [-0.4, -0.2) is 37.1 Å². The number of carbonyl (C=O) groups excluding carboxylic acids is 1. The number of hydrogen-bond donors (Lipinski definition) is 1. The van der Waals surface area contributed by atoms with Crippen molar-refractivity contribution in [3.8, 4) is 0 Å². The van der Waals surface area contributed by atoms with Crippen molar-refractivity contribution in [3.05, 3.63) is 84.2 Å². The molecule has 0 bridgehead atoms. The Morgan fingerprint density at radius 2 is 1.52 bits per heavy atom. The molecule has 148 valence electrons. The van der Waals surface area contributed by atoms with Crippen molar-refractivity contribution in [2.45, 2.75) is 13.3 Å². The molecule has 29 heavy (non-hydrogen) atoms. The highest BCUT2D eigenvalue weighted by Crippen LogP contribution is 2.20. The predicted molar refractivity (Wildman–Crippen MR) is 119 cm³/mol. The van der Waals surface area contributed by atoms with Gasteiger partial charge in [-0.25, -0.2) is 4.98 Å². The maximum Gasteiger partial charge on any atom is 0.274 e. The zero-order valence-corrected chi connectivity index (χ0v) is 16.7. The number of carbonyl (C=O) groups is 1. The molecule has 5 nitrogen and oxygen atoms in total. The van der Waals surface area contributed by atoms with Gasteiger partial charge in [0.25, 0.3) is 5.91 Å². The zero-order chi connectivity index (χ0) is 20.1. The zero-order valence-electron chi connectivity index (χ0n) is 16.7. The summed E-state index contributed by atoms with van der Waals surface area (Å²) in [5, 5.41) is 2.91. The highest BCUT2D eigenvalue weighted by Gasteiger charge is 2.18. The second kappa shape index (κ2) is 8.78. The minimum absolute atomic E-state index is 0.185. The Hall–Kier alpha value is -3.34. The molecule has 4 rings (SSSR count). The van der Waals surface area contributed by atoms with E-state index in [0.29, 0.717) is 5.69 Å². The Morgan fingerprint density at radius 1 is 0.862 bits per heavy atom. The first-order valence-corrected chi connectivity index (χ1v) is 10.1. The van der Waals surface area contributed by atoms with Gasteiger partial charge in [0.05, 0.1) is 11.9 Å². The van der Waals surface area contributed by atoms with Crippen molar-refractivity contribution in [2.24, 2.45) is 0 Å². The fourth-order valence-electron chi connectivity index (χ4n) is 3.59. The molecule has 5 heteroatoms. The van der Waals surface area contributed by atoms with Gasteiger partial charge in [0.1, 0.15) is 5.69 Å². The lowest BCUT2D eigenvalue weighted by molar-refractivity contribution is 0.102. The maximum absolute atomic E-state index is 12.5. The molecule has 1 amide bonds. The number of aromatic nitrogens is 1. The third-order valence-electron chi connectivity index (χ3n) is 5.37. The van der Waals surface area contributed by atoms with Crippen molar-refractivity contribution < 1.29 is 4.79 Å². The number of para-hydroxylation sites is 1. The molecular weight excluding hydrogens is 360 g/mol. The number of hydrogen-bond acceptors (Lipinski definition) is 4. The molecule has 0 spiro atoms. The van der Waals surface area contributed by atoms with Crippen LogP contribution >= 0.6 is 0 Å². The van der Waals surface area contributed by atoms with Crippen LogP contribution in [0.1, 0.15) is 23.0 Å². The Bertz CT molecular complexity index is 931. The van der Waals surface area contributed by atoms with Gasteiger partial charge in [0.2, 0.25) is 0 Å². The molecule has 1 aliphatic rings. The van der Waals surface area contributed by atoms with E-state index in [1.165, 1.54) is 11.3 Å². The summed E-state index contributed by atoms with van der Waals surface area (Å²) in [6, 6.07) is 22.2. The Kier molecular flexibility index (Phi) is 5.75. The molecule has 1 N–H and O–H groups in total. The first kappa shape index (κ1) is 19.0. The third-order valence-corrected chi connectivity index (χ3v) is 5.37. The van der Waals surface area contributed by atoms with Crippen molar-refractivity contribution >= 4 is 23.0 Å². The summed E-state index contributed by atoms with van der Waals surface area (Å²) in [5.41, 5.74) is 4.79.